The normalized spacial score (nSPS) is 0. The molecule has 0 aliphatic carbocycles. The summed E-state index contributed by atoms with van der Waals surface area (Å²) in [6, 6.07) is 0. The van der Waals surface area contributed by atoms with Crippen LogP contribution >= 0.6 is 0 Å². The third-order valence-electron chi connectivity index (χ3n) is 0. The van der Waals surface area contributed by atoms with Crippen molar-refractivity contribution >= 4 is 0 Å². The van der Waals surface area contributed by atoms with Crippen molar-refractivity contribution in [2.75, 3.05) is 0 Å². The van der Waals surface area contributed by atoms with Crippen LogP contribution < -0.4 is 0 Å². The van der Waals surface area contributed by atoms with E-state index in [2.05, 4.69) is 0 Å². The van der Waals surface area contributed by atoms with Crippen molar-refractivity contribution in [2.45, 2.75) is 0 Å². The average Bonchev–Trinajstić information content (AvgIpc) is 0. The van der Waals surface area contributed by atoms with Gasteiger partial charge < -0.3 is 0 Å². The summed E-state index contributed by atoms with van der Waals surface area (Å²) in [5.41, 5.74) is 0. The van der Waals surface area contributed by atoms with Crippen LogP contribution in [-0.2, 0) is 26.2 Å². The Balaban J connectivity index is 0. The van der Waals surface area contributed by atoms with Crippen LogP contribution in [0.15, 0.2) is 0 Å². The maximum absolute atomic E-state index is 0. The molecule has 0 nitrogen and oxygen atoms in total. The van der Waals surface area contributed by atoms with Gasteiger partial charge in [-0.25, -0.2) is 0 Å². The molecule has 0 aromatic carbocycles. The van der Waals surface area contributed by atoms with Crippen LogP contribution in [0, 0.1) is 0 Å². The molecule has 0 bridgehead atoms. The molecule has 0 aromatic heterocycles. The zero-order valence-electron chi connectivity index (χ0n) is 2.54. The SMILES string of the molecule is F.F.F.F.F.[Zr]. The molecule has 0 spiro atoms. The second kappa shape index (κ2) is 400. The molecule has 0 aliphatic heterocycles. The van der Waals surface area contributed by atoms with Crippen LogP contribution in [-0.4, -0.2) is 0 Å². The molecule has 6 heteroatoms. The molecule has 0 atom stereocenters. The molecule has 0 radical (unpaired) electrons. The molecular formula is H5F5Zr. The maximum Gasteiger partial charge on any atom is 0 e. The van der Waals surface area contributed by atoms with Gasteiger partial charge in [0.2, 0.25) is 0 Å². The van der Waals surface area contributed by atoms with E-state index in [1.54, 1.807) is 0 Å². The Kier molecular flexibility index (Phi) is 46900. The number of hydrogen-bond acceptors (Lipinski definition) is 0. The molecule has 0 fully saturated rings. The van der Waals surface area contributed by atoms with E-state index >= 15 is 0 Å². The van der Waals surface area contributed by atoms with Crippen molar-refractivity contribution in [2.24, 2.45) is 0 Å². The predicted octanol–water partition coefficient (Wildman–Crippen LogP) is 0.760. The molecule has 0 aromatic rings. The smallest absolute Gasteiger partial charge is 0 e. The summed E-state index contributed by atoms with van der Waals surface area (Å²) in [6.45, 7) is 0. The van der Waals surface area contributed by atoms with Gasteiger partial charge in [0.15, 0.2) is 0 Å². The van der Waals surface area contributed by atoms with Crippen molar-refractivity contribution in [1.82, 2.24) is 0 Å². The van der Waals surface area contributed by atoms with Gasteiger partial charge in [-0.1, -0.05) is 0 Å². The van der Waals surface area contributed by atoms with Gasteiger partial charge in [-0.05, 0) is 0 Å². The standard InChI is InChI=1S/5FH.Zr/h5*1H;. The molecule has 0 saturated carbocycles. The summed E-state index contributed by atoms with van der Waals surface area (Å²) in [5.74, 6) is 0. The molecule has 0 N–H and O–H groups in total. The summed E-state index contributed by atoms with van der Waals surface area (Å²) in [4.78, 5) is 0. The van der Waals surface area contributed by atoms with Crippen molar-refractivity contribution in [3.05, 3.63) is 0 Å². The topological polar surface area (TPSA) is 0 Å². The number of halogens is 5. The van der Waals surface area contributed by atoms with Gasteiger partial charge in [0.25, 0.3) is 0 Å². The fraction of sp³-hybridized carbons (Fsp3) is 0. The minimum atomic E-state index is 0. The molecule has 6 heavy (non-hydrogen) atoms. The van der Waals surface area contributed by atoms with Gasteiger partial charge in [0.1, 0.15) is 0 Å². The van der Waals surface area contributed by atoms with Gasteiger partial charge in [0, 0.05) is 26.2 Å². The Labute approximate surface area is 50.3 Å². The van der Waals surface area contributed by atoms with Crippen molar-refractivity contribution < 1.29 is 49.7 Å². The molecule has 0 rings (SSSR count). The van der Waals surface area contributed by atoms with Gasteiger partial charge in [0.05, 0.1) is 0 Å². The van der Waals surface area contributed by atoms with E-state index in [-0.39, 0.29) is 49.7 Å². The van der Waals surface area contributed by atoms with E-state index < -0.39 is 0 Å². The Hall–Kier alpha value is 0.533. The van der Waals surface area contributed by atoms with E-state index in [0.717, 1.165) is 0 Å². The fourth-order valence-electron chi connectivity index (χ4n) is 0. The van der Waals surface area contributed by atoms with Crippen molar-refractivity contribution in [1.29, 1.82) is 0 Å². The molecule has 44 valence electrons. The first-order chi connectivity index (χ1) is 0. The van der Waals surface area contributed by atoms with Crippen LogP contribution in [0.1, 0.15) is 0 Å². The molecule has 0 amide bonds. The zero-order chi connectivity index (χ0) is 0. The third-order valence-corrected chi connectivity index (χ3v) is 0. The summed E-state index contributed by atoms with van der Waals surface area (Å²) in [6.07, 6.45) is 0. The van der Waals surface area contributed by atoms with Crippen molar-refractivity contribution in [3.8, 4) is 0 Å². The first-order valence-electron chi connectivity index (χ1n) is 0. The maximum atomic E-state index is 0. The van der Waals surface area contributed by atoms with E-state index in [1.807, 2.05) is 0 Å². The van der Waals surface area contributed by atoms with Crippen LogP contribution in [0.5, 0.6) is 0 Å². The Morgan fingerprint density at radius 3 is 0.333 bits per heavy atom. The first-order valence-corrected chi connectivity index (χ1v) is 0. The summed E-state index contributed by atoms with van der Waals surface area (Å²) < 4.78 is 0. The molecule has 0 heterocycles. The molecule has 0 saturated heterocycles. The Morgan fingerprint density at radius 1 is 0.333 bits per heavy atom. The average molecular weight is 191 g/mol. The Morgan fingerprint density at radius 2 is 0.333 bits per heavy atom. The van der Waals surface area contributed by atoms with E-state index in [1.165, 1.54) is 0 Å². The first kappa shape index (κ1) is 704. The second-order valence-electron chi connectivity index (χ2n) is 0. The summed E-state index contributed by atoms with van der Waals surface area (Å²) in [5, 5.41) is 0. The van der Waals surface area contributed by atoms with E-state index in [0.29, 0.717) is 0 Å². The largest absolute Gasteiger partial charge is 0.269 e. The van der Waals surface area contributed by atoms with Gasteiger partial charge >= 0.3 is 0 Å². The number of rotatable bonds is 0. The minimum Gasteiger partial charge on any atom is -0.269 e. The summed E-state index contributed by atoms with van der Waals surface area (Å²) in [7, 11) is 0. The zero-order valence-corrected chi connectivity index (χ0v) is 5.00. The number of hydrogen-bond donors (Lipinski definition) is 0. The Bertz CT molecular complexity index is 3.90. The molecule has 0 unspecified atom stereocenters. The molecule has 0 aliphatic rings. The van der Waals surface area contributed by atoms with E-state index in [9.17, 15) is 0 Å². The predicted molar refractivity (Wildman–Crippen MR) is 12.5 cm³/mol. The van der Waals surface area contributed by atoms with Crippen molar-refractivity contribution in [3.63, 3.8) is 0 Å². The quantitative estimate of drug-likeness (QED) is 0.496. The van der Waals surface area contributed by atoms with Crippen LogP contribution in [0.2, 0.25) is 0 Å². The minimum absolute atomic E-state index is 0. The van der Waals surface area contributed by atoms with Crippen LogP contribution in [0.3, 0.4) is 0 Å². The monoisotopic (exact) mass is 190 g/mol. The van der Waals surface area contributed by atoms with Crippen LogP contribution in [0.25, 0.3) is 0 Å². The van der Waals surface area contributed by atoms with E-state index in [4.69, 9.17) is 0 Å². The fourth-order valence-corrected chi connectivity index (χ4v) is 0. The van der Waals surface area contributed by atoms with Crippen LogP contribution in [0.4, 0.5) is 23.5 Å². The third kappa shape index (κ3) is 199. The van der Waals surface area contributed by atoms with Gasteiger partial charge in [-0.2, -0.15) is 0 Å². The second-order valence-corrected chi connectivity index (χ2v) is 0. The molecular weight excluding hydrogens is 186 g/mol. The van der Waals surface area contributed by atoms with Gasteiger partial charge in [-0.3, -0.25) is 23.5 Å². The van der Waals surface area contributed by atoms with Gasteiger partial charge in [-0.15, -0.1) is 0 Å². The summed E-state index contributed by atoms with van der Waals surface area (Å²) >= 11 is 0.